The molecule has 0 bridgehead atoms. The molecule has 208 valence electrons. The molecule has 1 aromatic carbocycles. The monoisotopic (exact) mass is 565 g/mol. The van der Waals surface area contributed by atoms with Crippen molar-refractivity contribution in [3.05, 3.63) is 34.6 Å². The van der Waals surface area contributed by atoms with Crippen molar-refractivity contribution in [3.63, 3.8) is 0 Å². The van der Waals surface area contributed by atoms with Crippen molar-refractivity contribution in [1.29, 1.82) is 10.5 Å². The molecule has 0 unspecified atom stereocenters. The van der Waals surface area contributed by atoms with E-state index in [0.717, 1.165) is 0 Å². The normalized spacial score (nSPS) is 18.9. The summed E-state index contributed by atoms with van der Waals surface area (Å²) >= 11 is 6.93. The Kier molecular flexibility index (Phi) is 8.02. The number of methoxy groups -OCH3 is 1. The maximum Gasteiger partial charge on any atom is 0.407 e. The zero-order chi connectivity index (χ0) is 28.2. The van der Waals surface area contributed by atoms with Crippen LogP contribution < -0.4 is 26.2 Å². The summed E-state index contributed by atoms with van der Waals surface area (Å²) in [6, 6.07) is 7.54. The van der Waals surface area contributed by atoms with Crippen LogP contribution in [0.3, 0.4) is 0 Å². The van der Waals surface area contributed by atoms with Gasteiger partial charge in [0.25, 0.3) is 0 Å². The molecule has 0 aliphatic carbocycles. The minimum atomic E-state index is -0.488. The highest BCUT2D eigenvalue weighted by Gasteiger charge is 2.35. The topological polar surface area (TPSA) is 178 Å². The molecule has 2 atom stereocenters. The lowest BCUT2D eigenvalue weighted by Gasteiger charge is -2.43. The number of amides is 1. The predicted octanol–water partition coefficient (Wildman–Crippen LogP) is 1.99. The lowest BCUT2D eigenvalue weighted by atomic mass is 9.97. The number of piperidine rings is 1. The molecule has 2 saturated heterocycles. The predicted molar refractivity (Wildman–Crippen MR) is 147 cm³/mol. The maximum absolute atomic E-state index is 12.0. The van der Waals surface area contributed by atoms with Crippen molar-refractivity contribution < 1.29 is 14.3 Å². The van der Waals surface area contributed by atoms with Crippen LogP contribution in [0.4, 0.5) is 27.9 Å². The number of nitrogens with one attached hydrogen (secondary N) is 4. The van der Waals surface area contributed by atoms with Gasteiger partial charge >= 0.3 is 6.09 Å². The lowest BCUT2D eigenvalue weighted by molar-refractivity contribution is -0.0123. The molecular weight excluding hydrogens is 538 g/mol. The first-order valence-corrected chi connectivity index (χ1v) is 13.2. The molecule has 2 aliphatic heterocycles. The van der Waals surface area contributed by atoms with E-state index in [1.54, 1.807) is 12.1 Å². The number of hydrogen-bond acceptors (Lipinski definition) is 12. The molecule has 5 rings (SSSR count). The number of halogens is 1. The second-order valence-electron chi connectivity index (χ2n) is 9.38. The van der Waals surface area contributed by atoms with E-state index in [1.165, 1.54) is 17.8 Å². The number of nitrogens with zero attached hydrogens (tertiary/aromatic N) is 7. The standard InChI is InChI=1S/C25H28ClN11O3/c1-3-29-22-23-30-10-16(9-28)37(23)35-24(34-22)32-18-6-14(8-27)7-20(21(18)26)36-5-4-17(33-25(38)39-2)19(11-36)31-15-12-40-13-15/h6-7,10,15,17,19,31H,3-5,11-13H2,1-2H3,(H,33,38)(H2,29,32,34,35)/t17-,19+/m1/s1. The summed E-state index contributed by atoms with van der Waals surface area (Å²) in [5, 5.41) is 36.8. The van der Waals surface area contributed by atoms with Crippen molar-refractivity contribution >= 4 is 46.5 Å². The van der Waals surface area contributed by atoms with Crippen LogP contribution in [0.1, 0.15) is 24.6 Å². The summed E-state index contributed by atoms with van der Waals surface area (Å²) in [4.78, 5) is 22.8. The van der Waals surface area contributed by atoms with Gasteiger partial charge in [0.1, 0.15) is 6.07 Å². The van der Waals surface area contributed by atoms with Crippen molar-refractivity contribution in [2.24, 2.45) is 0 Å². The Labute approximate surface area is 235 Å². The van der Waals surface area contributed by atoms with Crippen molar-refractivity contribution in [3.8, 4) is 12.1 Å². The zero-order valence-corrected chi connectivity index (χ0v) is 22.7. The van der Waals surface area contributed by atoms with Crippen LogP contribution in [-0.4, -0.2) is 83.8 Å². The fourth-order valence-corrected chi connectivity index (χ4v) is 5.05. The van der Waals surface area contributed by atoms with E-state index in [0.29, 0.717) is 72.7 Å². The third-order valence-corrected chi connectivity index (χ3v) is 7.18. The largest absolute Gasteiger partial charge is 0.453 e. The second-order valence-corrected chi connectivity index (χ2v) is 9.76. The number of anilines is 4. The molecular formula is C25H28ClN11O3. The molecule has 1 amide bonds. The van der Waals surface area contributed by atoms with Crippen LogP contribution in [0.25, 0.3) is 5.65 Å². The Hall–Kier alpha value is -4.37. The fourth-order valence-electron chi connectivity index (χ4n) is 4.77. The molecule has 15 heteroatoms. The Morgan fingerprint density at radius 1 is 1.27 bits per heavy atom. The van der Waals surface area contributed by atoms with Gasteiger partial charge in [0.2, 0.25) is 5.95 Å². The van der Waals surface area contributed by atoms with Gasteiger partial charge < -0.3 is 35.6 Å². The minimum Gasteiger partial charge on any atom is -0.453 e. The van der Waals surface area contributed by atoms with Crippen molar-refractivity contribution in [2.45, 2.75) is 31.5 Å². The maximum atomic E-state index is 12.0. The van der Waals surface area contributed by atoms with Gasteiger partial charge in [0.05, 0.1) is 66.6 Å². The zero-order valence-electron chi connectivity index (χ0n) is 21.9. The van der Waals surface area contributed by atoms with E-state index < -0.39 is 6.09 Å². The van der Waals surface area contributed by atoms with Gasteiger partial charge in [-0.05, 0) is 25.5 Å². The first kappa shape index (κ1) is 27.2. The third-order valence-electron chi connectivity index (χ3n) is 6.78. The number of fused-ring (bicyclic) bond motifs is 1. The summed E-state index contributed by atoms with van der Waals surface area (Å²) in [6.07, 6.45) is 1.56. The first-order chi connectivity index (χ1) is 19.4. The smallest absolute Gasteiger partial charge is 0.407 e. The van der Waals surface area contributed by atoms with Crippen molar-refractivity contribution in [2.75, 3.05) is 55.5 Å². The van der Waals surface area contributed by atoms with Crippen molar-refractivity contribution in [1.82, 2.24) is 30.2 Å². The number of nitriles is 2. The molecule has 14 nitrogen and oxygen atoms in total. The Balaban J connectivity index is 1.45. The van der Waals surface area contributed by atoms with Gasteiger partial charge in [-0.2, -0.15) is 20.0 Å². The number of alkyl carbamates (subject to hydrolysis) is 1. The summed E-state index contributed by atoms with van der Waals surface area (Å²) < 4.78 is 11.5. The summed E-state index contributed by atoms with van der Waals surface area (Å²) in [5.74, 6) is 0.620. The van der Waals surface area contributed by atoms with Gasteiger partial charge in [-0.25, -0.2) is 9.78 Å². The molecule has 2 aromatic heterocycles. The van der Waals surface area contributed by atoms with Crippen LogP contribution in [0.15, 0.2) is 18.3 Å². The summed E-state index contributed by atoms with van der Waals surface area (Å²) in [6.45, 7) is 4.80. The number of rotatable bonds is 8. The molecule has 0 radical (unpaired) electrons. The molecule has 0 saturated carbocycles. The molecule has 0 spiro atoms. The minimum absolute atomic E-state index is 0.112. The van der Waals surface area contributed by atoms with Crippen LogP contribution >= 0.6 is 11.6 Å². The molecule has 3 aromatic rings. The molecule has 2 aliphatic rings. The number of carbonyl (C=O) groups excluding carboxylic acids is 1. The van der Waals surface area contributed by atoms with Crippen LogP contribution in [0.5, 0.6) is 0 Å². The lowest BCUT2D eigenvalue weighted by Crippen LogP contribution is -2.64. The van der Waals surface area contributed by atoms with Gasteiger partial charge in [-0.1, -0.05) is 11.6 Å². The first-order valence-electron chi connectivity index (χ1n) is 12.8. The number of imidazole rings is 1. The number of hydrogen-bond donors (Lipinski definition) is 4. The van der Waals surface area contributed by atoms with E-state index in [1.807, 2.05) is 6.92 Å². The summed E-state index contributed by atoms with van der Waals surface area (Å²) in [7, 11) is 1.34. The molecule has 40 heavy (non-hydrogen) atoms. The number of carbonyl (C=O) groups is 1. The Morgan fingerprint density at radius 3 is 2.77 bits per heavy atom. The third kappa shape index (κ3) is 5.51. The average Bonchev–Trinajstić information content (AvgIpc) is 3.36. The van der Waals surface area contributed by atoms with Crippen LogP contribution in [0.2, 0.25) is 5.02 Å². The van der Waals surface area contributed by atoms with Gasteiger partial charge in [-0.15, -0.1) is 5.10 Å². The fraction of sp³-hybridized carbons (Fsp3) is 0.440. The SMILES string of the molecule is CCNc1nc(Nc2cc(C#N)cc(N3CC[C@@H](NC(=O)OC)[C@@H](NC4COC4)C3)c2Cl)nn2c(C#N)cnc12. The Morgan fingerprint density at radius 2 is 2.10 bits per heavy atom. The van der Waals surface area contributed by atoms with Gasteiger partial charge in [0, 0.05) is 25.7 Å². The summed E-state index contributed by atoms with van der Waals surface area (Å²) in [5.41, 5.74) is 2.14. The number of benzene rings is 1. The van der Waals surface area contributed by atoms with E-state index in [2.05, 4.69) is 53.4 Å². The van der Waals surface area contributed by atoms with E-state index in [-0.39, 0.29) is 29.8 Å². The quantitative estimate of drug-likeness (QED) is 0.312. The van der Waals surface area contributed by atoms with E-state index in [9.17, 15) is 15.3 Å². The van der Waals surface area contributed by atoms with Gasteiger partial charge in [0.15, 0.2) is 17.2 Å². The molecule has 4 N–H and O–H groups in total. The van der Waals surface area contributed by atoms with E-state index >= 15 is 0 Å². The Bertz CT molecular complexity index is 1490. The second kappa shape index (κ2) is 11.8. The van der Waals surface area contributed by atoms with Crippen LogP contribution in [-0.2, 0) is 9.47 Å². The highest BCUT2D eigenvalue weighted by Crippen LogP contribution is 2.37. The number of aromatic nitrogens is 4. The highest BCUT2D eigenvalue weighted by atomic mass is 35.5. The van der Waals surface area contributed by atoms with Crippen LogP contribution in [0, 0.1) is 22.7 Å². The van der Waals surface area contributed by atoms with E-state index in [4.69, 9.17) is 21.1 Å². The number of ether oxygens (including phenoxy) is 2. The highest BCUT2D eigenvalue weighted by molar-refractivity contribution is 6.36. The molecule has 2 fully saturated rings. The molecule has 4 heterocycles. The average molecular weight is 566 g/mol. The van der Waals surface area contributed by atoms with Gasteiger partial charge in [-0.3, -0.25) is 0 Å².